The molecule has 2 N–H and O–H groups in total. The molecule has 0 unspecified atom stereocenters. The van der Waals surface area contributed by atoms with Crippen LogP contribution in [-0.2, 0) is 6.42 Å². The number of unbranched alkanes of at least 4 members (excludes halogenated alkanes) is 1. The number of rotatable bonds is 4. The highest BCUT2D eigenvalue weighted by Gasteiger charge is 2.08. The normalized spacial score (nSPS) is 11.1. The van der Waals surface area contributed by atoms with Gasteiger partial charge < -0.3 is 5.73 Å². The van der Waals surface area contributed by atoms with Gasteiger partial charge in [0.1, 0.15) is 0 Å². The van der Waals surface area contributed by atoms with Gasteiger partial charge in [0.25, 0.3) is 0 Å². The molecule has 1 aromatic carbocycles. The standard InChI is InChI=1S/C14H16Cl2N2/c1-9-6-13(16)12-8-11(15)7-10(14(12)18-9)4-2-3-5-17/h6-8H,2-5,17H2,1H3. The highest BCUT2D eigenvalue weighted by molar-refractivity contribution is 6.36. The van der Waals surface area contributed by atoms with Crippen LogP contribution in [-0.4, -0.2) is 11.5 Å². The smallest absolute Gasteiger partial charge is 0.0753 e. The predicted molar refractivity (Wildman–Crippen MR) is 78.5 cm³/mol. The molecule has 96 valence electrons. The highest BCUT2D eigenvalue weighted by atomic mass is 35.5. The van der Waals surface area contributed by atoms with Crippen LogP contribution in [0.3, 0.4) is 0 Å². The van der Waals surface area contributed by atoms with Crippen LogP contribution in [0.25, 0.3) is 10.9 Å². The first-order valence-electron chi connectivity index (χ1n) is 6.07. The molecule has 0 aliphatic carbocycles. The number of aryl methyl sites for hydroxylation is 2. The van der Waals surface area contributed by atoms with Crippen molar-refractivity contribution in [2.75, 3.05) is 6.54 Å². The molecule has 0 bridgehead atoms. The van der Waals surface area contributed by atoms with Crippen LogP contribution in [0.5, 0.6) is 0 Å². The van der Waals surface area contributed by atoms with Crippen molar-refractivity contribution in [3.05, 3.63) is 39.5 Å². The summed E-state index contributed by atoms with van der Waals surface area (Å²) in [5.41, 5.74) is 8.56. The average molecular weight is 283 g/mol. The van der Waals surface area contributed by atoms with E-state index in [0.29, 0.717) is 16.6 Å². The zero-order chi connectivity index (χ0) is 13.1. The SMILES string of the molecule is Cc1cc(Cl)c2cc(Cl)cc(CCCCN)c2n1. The predicted octanol–water partition coefficient (Wildman–Crippen LogP) is 4.13. The van der Waals surface area contributed by atoms with Gasteiger partial charge in [0.05, 0.1) is 10.5 Å². The van der Waals surface area contributed by atoms with Crippen LogP contribution >= 0.6 is 23.2 Å². The number of fused-ring (bicyclic) bond motifs is 1. The molecule has 0 atom stereocenters. The van der Waals surface area contributed by atoms with Crippen molar-refractivity contribution in [2.24, 2.45) is 5.73 Å². The molecule has 0 saturated heterocycles. The summed E-state index contributed by atoms with van der Waals surface area (Å²) in [6, 6.07) is 5.71. The van der Waals surface area contributed by atoms with Crippen molar-refractivity contribution in [3.8, 4) is 0 Å². The van der Waals surface area contributed by atoms with Gasteiger partial charge in [0.2, 0.25) is 0 Å². The Hall–Kier alpha value is -0.830. The van der Waals surface area contributed by atoms with E-state index in [1.807, 2.05) is 25.1 Å². The summed E-state index contributed by atoms with van der Waals surface area (Å²) >= 11 is 12.4. The third kappa shape index (κ3) is 2.94. The van der Waals surface area contributed by atoms with E-state index in [0.717, 1.165) is 41.4 Å². The molecular formula is C14H16Cl2N2. The number of benzene rings is 1. The number of hydrogen-bond donors (Lipinski definition) is 1. The van der Waals surface area contributed by atoms with Crippen LogP contribution in [0.2, 0.25) is 10.0 Å². The van der Waals surface area contributed by atoms with Crippen LogP contribution < -0.4 is 5.73 Å². The van der Waals surface area contributed by atoms with Crippen LogP contribution in [0.15, 0.2) is 18.2 Å². The quantitative estimate of drug-likeness (QED) is 0.857. The molecule has 1 aromatic heterocycles. The first-order chi connectivity index (χ1) is 8.61. The molecule has 0 aliphatic rings. The van der Waals surface area contributed by atoms with E-state index >= 15 is 0 Å². The van der Waals surface area contributed by atoms with E-state index < -0.39 is 0 Å². The lowest BCUT2D eigenvalue weighted by molar-refractivity contribution is 0.746. The van der Waals surface area contributed by atoms with E-state index in [2.05, 4.69) is 4.98 Å². The Balaban J connectivity index is 2.50. The lowest BCUT2D eigenvalue weighted by atomic mass is 10.0. The fourth-order valence-electron chi connectivity index (χ4n) is 2.09. The molecule has 18 heavy (non-hydrogen) atoms. The maximum absolute atomic E-state index is 6.25. The summed E-state index contributed by atoms with van der Waals surface area (Å²) in [6.07, 6.45) is 2.98. The number of aromatic nitrogens is 1. The summed E-state index contributed by atoms with van der Waals surface area (Å²) < 4.78 is 0. The Labute approximate surface area is 117 Å². The molecule has 2 rings (SSSR count). The molecule has 2 nitrogen and oxygen atoms in total. The second-order valence-electron chi connectivity index (χ2n) is 4.45. The van der Waals surface area contributed by atoms with Gasteiger partial charge in [-0.1, -0.05) is 23.2 Å². The Kier molecular flexibility index (Phi) is 4.44. The van der Waals surface area contributed by atoms with Crippen molar-refractivity contribution < 1.29 is 0 Å². The molecule has 0 fully saturated rings. The van der Waals surface area contributed by atoms with Gasteiger partial charge in [0, 0.05) is 16.1 Å². The van der Waals surface area contributed by atoms with E-state index in [4.69, 9.17) is 28.9 Å². The maximum Gasteiger partial charge on any atom is 0.0753 e. The monoisotopic (exact) mass is 282 g/mol. The average Bonchev–Trinajstić information content (AvgIpc) is 2.31. The molecule has 4 heteroatoms. The van der Waals surface area contributed by atoms with Gasteiger partial charge in [0.15, 0.2) is 0 Å². The number of halogens is 2. The van der Waals surface area contributed by atoms with E-state index in [9.17, 15) is 0 Å². The largest absolute Gasteiger partial charge is 0.330 e. The fraction of sp³-hybridized carbons (Fsp3) is 0.357. The molecular weight excluding hydrogens is 267 g/mol. The summed E-state index contributed by atoms with van der Waals surface area (Å²) in [5, 5.41) is 2.34. The molecule has 2 aromatic rings. The first-order valence-corrected chi connectivity index (χ1v) is 6.82. The molecule has 0 aliphatic heterocycles. The minimum absolute atomic E-state index is 0.706. The molecule has 0 saturated carbocycles. The molecule has 0 radical (unpaired) electrons. The minimum Gasteiger partial charge on any atom is -0.330 e. The second-order valence-corrected chi connectivity index (χ2v) is 5.30. The highest BCUT2D eigenvalue weighted by Crippen LogP contribution is 2.29. The van der Waals surface area contributed by atoms with Gasteiger partial charge in [-0.3, -0.25) is 4.98 Å². The third-order valence-corrected chi connectivity index (χ3v) is 3.47. The van der Waals surface area contributed by atoms with Crippen LogP contribution in [0.1, 0.15) is 24.1 Å². The van der Waals surface area contributed by atoms with Crippen molar-refractivity contribution in [1.29, 1.82) is 0 Å². The summed E-state index contributed by atoms with van der Waals surface area (Å²) in [7, 11) is 0. The molecule has 1 heterocycles. The number of nitrogens with two attached hydrogens (primary N) is 1. The lowest BCUT2D eigenvalue weighted by Gasteiger charge is -2.09. The van der Waals surface area contributed by atoms with Crippen molar-refractivity contribution in [2.45, 2.75) is 26.2 Å². The summed E-state index contributed by atoms with van der Waals surface area (Å²) in [6.45, 7) is 2.66. The number of pyridine rings is 1. The first kappa shape index (κ1) is 13.6. The Morgan fingerprint density at radius 3 is 2.67 bits per heavy atom. The lowest BCUT2D eigenvalue weighted by Crippen LogP contribution is -2.00. The zero-order valence-corrected chi connectivity index (χ0v) is 11.9. The zero-order valence-electron chi connectivity index (χ0n) is 10.3. The van der Waals surface area contributed by atoms with Gasteiger partial charge in [-0.15, -0.1) is 0 Å². The van der Waals surface area contributed by atoms with Crippen molar-refractivity contribution in [3.63, 3.8) is 0 Å². The Morgan fingerprint density at radius 1 is 1.17 bits per heavy atom. The van der Waals surface area contributed by atoms with Crippen LogP contribution in [0, 0.1) is 6.92 Å². The summed E-state index contributed by atoms with van der Waals surface area (Å²) in [4.78, 5) is 4.58. The maximum atomic E-state index is 6.25. The Morgan fingerprint density at radius 2 is 1.94 bits per heavy atom. The van der Waals surface area contributed by atoms with Gasteiger partial charge in [-0.25, -0.2) is 0 Å². The van der Waals surface area contributed by atoms with E-state index in [1.54, 1.807) is 0 Å². The fourth-order valence-corrected chi connectivity index (χ4v) is 2.63. The topological polar surface area (TPSA) is 38.9 Å². The number of hydrogen-bond acceptors (Lipinski definition) is 2. The minimum atomic E-state index is 0.706. The van der Waals surface area contributed by atoms with Gasteiger partial charge in [-0.2, -0.15) is 0 Å². The van der Waals surface area contributed by atoms with E-state index in [-0.39, 0.29) is 0 Å². The van der Waals surface area contributed by atoms with E-state index in [1.165, 1.54) is 0 Å². The van der Waals surface area contributed by atoms with Crippen LogP contribution in [0.4, 0.5) is 0 Å². The van der Waals surface area contributed by atoms with Crippen molar-refractivity contribution >= 4 is 34.1 Å². The summed E-state index contributed by atoms with van der Waals surface area (Å²) in [5.74, 6) is 0. The molecule has 0 amide bonds. The third-order valence-electron chi connectivity index (χ3n) is 2.93. The molecule has 0 spiro atoms. The van der Waals surface area contributed by atoms with Gasteiger partial charge in [-0.05, 0) is 56.5 Å². The van der Waals surface area contributed by atoms with Crippen molar-refractivity contribution in [1.82, 2.24) is 4.98 Å². The Bertz CT molecular complexity index is 567. The van der Waals surface area contributed by atoms with Gasteiger partial charge >= 0.3 is 0 Å². The second kappa shape index (κ2) is 5.87. The number of nitrogens with zero attached hydrogens (tertiary/aromatic N) is 1.